The molecule has 0 fully saturated rings. The summed E-state index contributed by atoms with van der Waals surface area (Å²) >= 11 is 0. The summed E-state index contributed by atoms with van der Waals surface area (Å²) in [5.41, 5.74) is 23.9. The smallest absolute Gasteiger partial charge is 0.252 e. The highest BCUT2D eigenvalue weighted by molar-refractivity contribution is 7.00. The molecular weight excluding hydrogens is 882 g/mol. The summed E-state index contributed by atoms with van der Waals surface area (Å²) in [4.78, 5) is 8.11. The van der Waals surface area contributed by atoms with E-state index in [1.54, 1.807) is 0 Å². The summed E-state index contributed by atoms with van der Waals surface area (Å²) in [5, 5.41) is 0. The standard InChI is InChI=1S/C69H72BN3/c1-64(2,3)48-27-21-29-52(37-48)71-59-39-50(66(7,8)9)33-35-56(59)70-57-36-34-51(67(10,11)12)40-60(57)72(53-30-22-28-49(38-53)65(4,5)6)62-42-54(41-61(71)63(62)70)73-58-32-20-19-31-55(58)69(47-25-15-14-16-26-47)44-46-24-18-17-23-45(46)43-68(69,73)13/h14-42H,43-44H2,1-13H3. The number of rotatable bonds is 4. The third kappa shape index (κ3) is 7.21. The molecule has 0 saturated carbocycles. The zero-order chi connectivity index (χ0) is 51.2. The average Bonchev–Trinajstić information content (AvgIpc) is 3.59. The number of anilines is 8. The van der Waals surface area contributed by atoms with E-state index in [0.29, 0.717) is 0 Å². The second-order valence-electron chi connectivity index (χ2n) is 26.2. The van der Waals surface area contributed by atoms with Gasteiger partial charge in [-0.3, -0.25) is 0 Å². The topological polar surface area (TPSA) is 9.72 Å². The Kier molecular flexibility index (Phi) is 10.4. The van der Waals surface area contributed by atoms with Gasteiger partial charge in [0, 0.05) is 50.9 Å². The number of benzene rings is 8. The van der Waals surface area contributed by atoms with Gasteiger partial charge >= 0.3 is 0 Å². The van der Waals surface area contributed by atoms with Gasteiger partial charge in [0.05, 0.1) is 5.54 Å². The van der Waals surface area contributed by atoms with Crippen LogP contribution in [0.4, 0.5) is 45.5 Å². The first kappa shape index (κ1) is 47.2. The maximum absolute atomic E-state index is 2.80. The van der Waals surface area contributed by atoms with E-state index in [9.17, 15) is 0 Å². The lowest BCUT2D eigenvalue weighted by Crippen LogP contribution is -2.62. The van der Waals surface area contributed by atoms with Gasteiger partial charge in [-0.15, -0.1) is 0 Å². The van der Waals surface area contributed by atoms with Crippen LogP contribution in [0.15, 0.2) is 176 Å². The largest absolute Gasteiger partial charge is 0.334 e. The molecule has 3 aliphatic heterocycles. The van der Waals surface area contributed by atoms with E-state index in [4.69, 9.17) is 0 Å². The van der Waals surface area contributed by atoms with Crippen molar-refractivity contribution in [1.29, 1.82) is 0 Å². The Bertz CT molecular complexity index is 3360. The molecule has 0 bridgehead atoms. The predicted molar refractivity (Wildman–Crippen MR) is 313 cm³/mol. The predicted octanol–water partition coefficient (Wildman–Crippen LogP) is 16.0. The van der Waals surface area contributed by atoms with Crippen molar-refractivity contribution in [2.45, 2.75) is 135 Å². The van der Waals surface area contributed by atoms with Gasteiger partial charge < -0.3 is 14.7 Å². The van der Waals surface area contributed by atoms with Crippen LogP contribution in [-0.4, -0.2) is 12.3 Å². The van der Waals surface area contributed by atoms with E-state index in [-0.39, 0.29) is 33.8 Å². The first-order valence-corrected chi connectivity index (χ1v) is 26.9. The van der Waals surface area contributed by atoms with Crippen molar-refractivity contribution in [3.05, 3.63) is 220 Å². The van der Waals surface area contributed by atoms with Crippen molar-refractivity contribution in [2.75, 3.05) is 14.7 Å². The van der Waals surface area contributed by atoms with Gasteiger partial charge in [-0.05, 0) is 157 Å². The van der Waals surface area contributed by atoms with Crippen LogP contribution in [0.2, 0.25) is 0 Å². The third-order valence-electron chi connectivity index (χ3n) is 17.4. The first-order valence-electron chi connectivity index (χ1n) is 26.9. The third-order valence-corrected chi connectivity index (χ3v) is 17.4. The molecule has 4 aliphatic rings. The zero-order valence-electron chi connectivity index (χ0n) is 45.6. The monoisotopic (exact) mass is 954 g/mol. The lowest BCUT2D eigenvalue weighted by atomic mass is 9.33. The Balaban J connectivity index is 1.24. The molecule has 366 valence electrons. The lowest BCUT2D eigenvalue weighted by Gasteiger charge is -2.53. The van der Waals surface area contributed by atoms with E-state index in [0.717, 1.165) is 12.8 Å². The summed E-state index contributed by atoms with van der Waals surface area (Å²) in [6.45, 7) is 30.7. The van der Waals surface area contributed by atoms with E-state index in [2.05, 4.69) is 281 Å². The highest BCUT2D eigenvalue weighted by Crippen LogP contribution is 2.63. The number of fused-ring (bicyclic) bond motifs is 8. The fourth-order valence-electron chi connectivity index (χ4n) is 13.4. The molecule has 3 heterocycles. The first-order chi connectivity index (χ1) is 34.6. The van der Waals surface area contributed by atoms with Gasteiger partial charge in [0.25, 0.3) is 6.71 Å². The van der Waals surface area contributed by atoms with Crippen molar-refractivity contribution >= 4 is 68.6 Å². The Labute approximate surface area is 437 Å². The molecular formula is C69H72BN3. The second kappa shape index (κ2) is 16.1. The van der Waals surface area contributed by atoms with E-state index >= 15 is 0 Å². The van der Waals surface area contributed by atoms with Crippen LogP contribution in [0, 0.1) is 0 Å². The summed E-state index contributed by atoms with van der Waals surface area (Å²) in [7, 11) is 0. The Hall–Kier alpha value is -6.78. The molecule has 0 aromatic heterocycles. The van der Waals surface area contributed by atoms with Crippen LogP contribution in [0.25, 0.3) is 0 Å². The second-order valence-corrected chi connectivity index (χ2v) is 26.2. The van der Waals surface area contributed by atoms with Crippen molar-refractivity contribution in [1.82, 2.24) is 0 Å². The molecule has 8 aromatic rings. The Morgan fingerprint density at radius 2 is 0.836 bits per heavy atom. The van der Waals surface area contributed by atoms with Crippen LogP contribution in [-0.2, 0) is 39.9 Å². The fourth-order valence-corrected chi connectivity index (χ4v) is 13.4. The van der Waals surface area contributed by atoms with Crippen molar-refractivity contribution in [3.63, 3.8) is 0 Å². The van der Waals surface area contributed by atoms with Crippen LogP contribution in [0.3, 0.4) is 0 Å². The van der Waals surface area contributed by atoms with E-state index in [1.165, 1.54) is 106 Å². The molecule has 0 N–H and O–H groups in total. The van der Waals surface area contributed by atoms with Crippen LogP contribution in [0.5, 0.6) is 0 Å². The van der Waals surface area contributed by atoms with Gasteiger partial charge in [-0.2, -0.15) is 0 Å². The van der Waals surface area contributed by atoms with Gasteiger partial charge in [-0.25, -0.2) is 0 Å². The van der Waals surface area contributed by atoms with Crippen molar-refractivity contribution in [3.8, 4) is 0 Å². The molecule has 0 radical (unpaired) electrons. The molecule has 0 saturated heterocycles. The SMILES string of the molecule is CC(C)(C)c1cccc(N2c3cc(C(C)(C)C)ccc3B3c4ccc(C(C)(C)C)cc4N(c4cccc(C(C)(C)C)c4)c4cc(N5c6ccccc6C6(c7ccccc7)Cc7ccccc7CC56C)cc2c43)c1. The van der Waals surface area contributed by atoms with Crippen LogP contribution >= 0.6 is 0 Å². The number of hydrogen-bond donors (Lipinski definition) is 0. The summed E-state index contributed by atoms with van der Waals surface area (Å²) in [6, 6.07) is 69.0. The normalized spacial score (nSPS) is 18.9. The maximum atomic E-state index is 2.80. The molecule has 0 amide bonds. The van der Waals surface area contributed by atoms with Gasteiger partial charge in [0.1, 0.15) is 0 Å². The molecule has 1 aliphatic carbocycles. The van der Waals surface area contributed by atoms with Crippen LogP contribution in [0.1, 0.15) is 135 Å². The maximum Gasteiger partial charge on any atom is 0.252 e. The molecule has 0 spiro atoms. The molecule has 3 nitrogen and oxygen atoms in total. The summed E-state index contributed by atoms with van der Waals surface area (Å²) in [6.07, 6.45) is 1.81. The summed E-state index contributed by atoms with van der Waals surface area (Å²) in [5.74, 6) is 0. The van der Waals surface area contributed by atoms with Gasteiger partial charge in [0.15, 0.2) is 0 Å². The van der Waals surface area contributed by atoms with E-state index < -0.39 is 5.54 Å². The number of hydrogen-bond acceptors (Lipinski definition) is 3. The van der Waals surface area contributed by atoms with E-state index in [1.807, 2.05) is 0 Å². The zero-order valence-corrected chi connectivity index (χ0v) is 45.6. The molecule has 12 rings (SSSR count). The minimum Gasteiger partial charge on any atom is -0.334 e. The average molecular weight is 954 g/mol. The quantitative estimate of drug-likeness (QED) is 0.163. The molecule has 2 atom stereocenters. The van der Waals surface area contributed by atoms with Crippen LogP contribution < -0.4 is 31.1 Å². The van der Waals surface area contributed by atoms with Gasteiger partial charge in [0.2, 0.25) is 0 Å². The molecule has 4 heteroatoms. The number of nitrogens with zero attached hydrogens (tertiary/aromatic N) is 3. The summed E-state index contributed by atoms with van der Waals surface area (Å²) < 4.78 is 0. The molecule has 8 aromatic carbocycles. The van der Waals surface area contributed by atoms with Crippen molar-refractivity contribution in [2.24, 2.45) is 0 Å². The highest BCUT2D eigenvalue weighted by Gasteiger charge is 2.62. The lowest BCUT2D eigenvalue weighted by molar-refractivity contribution is 0.281. The molecule has 73 heavy (non-hydrogen) atoms. The minimum atomic E-state index is -0.390. The molecule has 2 unspecified atom stereocenters. The van der Waals surface area contributed by atoms with Crippen molar-refractivity contribution < 1.29 is 0 Å². The minimum absolute atomic E-state index is 0.0115. The Morgan fingerprint density at radius 3 is 1.34 bits per heavy atom. The highest BCUT2D eigenvalue weighted by atomic mass is 15.3. The number of para-hydroxylation sites is 1. The van der Waals surface area contributed by atoms with Gasteiger partial charge in [-0.1, -0.05) is 204 Å². The fraction of sp³-hybridized carbons (Fsp3) is 0.304. The Morgan fingerprint density at radius 1 is 0.384 bits per heavy atom.